The quantitative estimate of drug-likeness (QED) is 0.817. The lowest BCUT2D eigenvalue weighted by Gasteiger charge is -2.38. The molecule has 2 heterocycles. The maximum Gasteiger partial charge on any atom is 0.166 e. The molecule has 20 heavy (non-hydrogen) atoms. The highest BCUT2D eigenvalue weighted by Gasteiger charge is 2.22. The Hall–Kier alpha value is -1.07. The predicted molar refractivity (Wildman–Crippen MR) is 85.6 cm³/mol. The Kier molecular flexibility index (Phi) is 5.86. The Morgan fingerprint density at radius 2 is 2.35 bits per heavy atom. The average molecular weight is 295 g/mol. The predicted octanol–water partition coefficient (Wildman–Crippen LogP) is 2.51. The van der Waals surface area contributed by atoms with Crippen LogP contribution in [-0.2, 0) is 6.54 Å². The van der Waals surface area contributed by atoms with Gasteiger partial charge in [-0.25, -0.2) is 0 Å². The van der Waals surface area contributed by atoms with Crippen molar-refractivity contribution in [2.24, 2.45) is 0 Å². The van der Waals surface area contributed by atoms with Gasteiger partial charge in [-0.2, -0.15) is 0 Å². The van der Waals surface area contributed by atoms with Crippen molar-refractivity contribution in [3.63, 3.8) is 0 Å². The fourth-order valence-electron chi connectivity index (χ4n) is 2.78. The van der Waals surface area contributed by atoms with Gasteiger partial charge in [0.15, 0.2) is 5.11 Å². The summed E-state index contributed by atoms with van der Waals surface area (Å²) in [5, 5.41) is 7.15. The van der Waals surface area contributed by atoms with Crippen LogP contribution in [0.25, 0.3) is 0 Å². The summed E-state index contributed by atoms with van der Waals surface area (Å²) in [6, 6.07) is 5.01. The maximum absolute atomic E-state index is 5.29. The number of likely N-dealkylation sites (tertiary alicyclic amines) is 1. The first kappa shape index (κ1) is 15.3. The van der Waals surface area contributed by atoms with E-state index in [1.165, 1.54) is 25.8 Å². The zero-order chi connectivity index (χ0) is 14.4. The summed E-state index contributed by atoms with van der Waals surface area (Å²) in [5.41, 5.74) is 0. The molecule has 1 aliphatic heterocycles. The first-order valence-electron chi connectivity index (χ1n) is 7.46. The summed E-state index contributed by atoms with van der Waals surface area (Å²) in [5.74, 6) is 0.895. The van der Waals surface area contributed by atoms with Crippen LogP contribution < -0.4 is 10.6 Å². The molecule has 1 aromatic rings. The molecule has 0 saturated carbocycles. The minimum atomic E-state index is 0.508. The Bertz CT molecular complexity index is 407. The molecule has 0 spiro atoms. The molecule has 2 rings (SSSR count). The molecule has 2 N–H and O–H groups in total. The SMILES string of the molecule is C[C@H](CNC(=S)NCc1ccco1)N1CCCC[C@@H]1C. The van der Waals surface area contributed by atoms with Gasteiger partial charge in [0.1, 0.15) is 5.76 Å². The number of piperidine rings is 1. The molecule has 1 aliphatic rings. The Morgan fingerprint density at radius 1 is 1.50 bits per heavy atom. The molecule has 1 saturated heterocycles. The van der Waals surface area contributed by atoms with Crippen LogP contribution in [0, 0.1) is 0 Å². The third-order valence-electron chi connectivity index (χ3n) is 3.98. The van der Waals surface area contributed by atoms with Crippen molar-refractivity contribution >= 4 is 17.3 Å². The van der Waals surface area contributed by atoms with Crippen molar-refractivity contribution in [1.29, 1.82) is 0 Å². The van der Waals surface area contributed by atoms with E-state index in [-0.39, 0.29) is 0 Å². The lowest BCUT2D eigenvalue weighted by molar-refractivity contribution is 0.116. The van der Waals surface area contributed by atoms with Crippen LogP contribution in [0.2, 0.25) is 0 Å². The Balaban J connectivity index is 1.67. The van der Waals surface area contributed by atoms with Crippen LogP contribution in [0.4, 0.5) is 0 Å². The zero-order valence-corrected chi connectivity index (χ0v) is 13.2. The molecule has 112 valence electrons. The van der Waals surface area contributed by atoms with Crippen LogP contribution in [0.5, 0.6) is 0 Å². The minimum absolute atomic E-state index is 0.508. The second-order valence-electron chi connectivity index (χ2n) is 5.57. The van der Waals surface area contributed by atoms with Crippen LogP contribution in [-0.4, -0.2) is 35.2 Å². The van der Waals surface area contributed by atoms with Crippen LogP contribution in [0.3, 0.4) is 0 Å². The summed E-state index contributed by atoms with van der Waals surface area (Å²) < 4.78 is 5.26. The number of hydrogen-bond donors (Lipinski definition) is 2. The van der Waals surface area contributed by atoms with Gasteiger partial charge in [-0.3, -0.25) is 4.90 Å². The lowest BCUT2D eigenvalue weighted by atomic mass is 10.0. The van der Waals surface area contributed by atoms with Gasteiger partial charge in [-0.15, -0.1) is 0 Å². The standard InChI is InChI=1S/C15H25N3OS/c1-12-6-3-4-8-18(12)13(2)10-16-15(20)17-11-14-7-5-9-19-14/h5,7,9,12-13H,3-4,6,8,10-11H2,1-2H3,(H2,16,17,20)/t12-,13+/m0/s1. The number of thiocarbonyl (C=S) groups is 1. The van der Waals surface area contributed by atoms with Crippen molar-refractivity contribution in [2.45, 2.75) is 51.7 Å². The van der Waals surface area contributed by atoms with E-state index in [9.17, 15) is 0 Å². The molecule has 0 aliphatic carbocycles. The Labute approximate surface area is 126 Å². The number of nitrogens with one attached hydrogen (secondary N) is 2. The molecule has 1 aromatic heterocycles. The van der Waals surface area contributed by atoms with Crippen molar-refractivity contribution in [2.75, 3.05) is 13.1 Å². The molecule has 2 atom stereocenters. The highest BCUT2D eigenvalue weighted by atomic mass is 32.1. The molecule has 1 fully saturated rings. The van der Waals surface area contributed by atoms with Gasteiger partial charge < -0.3 is 15.1 Å². The molecular weight excluding hydrogens is 270 g/mol. The maximum atomic E-state index is 5.29. The monoisotopic (exact) mass is 295 g/mol. The van der Waals surface area contributed by atoms with Crippen molar-refractivity contribution in [1.82, 2.24) is 15.5 Å². The van der Waals surface area contributed by atoms with Gasteiger partial charge >= 0.3 is 0 Å². The van der Waals surface area contributed by atoms with Crippen molar-refractivity contribution in [3.8, 4) is 0 Å². The number of nitrogens with zero attached hydrogens (tertiary/aromatic N) is 1. The van der Waals surface area contributed by atoms with Crippen molar-refractivity contribution < 1.29 is 4.42 Å². The first-order valence-corrected chi connectivity index (χ1v) is 7.87. The summed E-state index contributed by atoms with van der Waals surface area (Å²) in [4.78, 5) is 2.58. The molecule has 0 amide bonds. The van der Waals surface area contributed by atoms with E-state index in [2.05, 4.69) is 29.4 Å². The van der Waals surface area contributed by atoms with E-state index in [0.29, 0.717) is 23.7 Å². The van der Waals surface area contributed by atoms with Gasteiger partial charge in [0, 0.05) is 18.6 Å². The fourth-order valence-corrected chi connectivity index (χ4v) is 2.93. The van der Waals surface area contributed by atoms with Gasteiger partial charge in [-0.05, 0) is 57.6 Å². The van der Waals surface area contributed by atoms with E-state index in [1.54, 1.807) is 6.26 Å². The van der Waals surface area contributed by atoms with Crippen LogP contribution in [0.1, 0.15) is 38.9 Å². The summed E-state index contributed by atoms with van der Waals surface area (Å²) in [7, 11) is 0. The minimum Gasteiger partial charge on any atom is -0.467 e. The highest BCUT2D eigenvalue weighted by molar-refractivity contribution is 7.80. The molecule has 0 aromatic carbocycles. The second kappa shape index (κ2) is 7.64. The third-order valence-corrected chi connectivity index (χ3v) is 4.27. The summed E-state index contributed by atoms with van der Waals surface area (Å²) in [6.45, 7) is 7.31. The van der Waals surface area contributed by atoms with Gasteiger partial charge in [0.25, 0.3) is 0 Å². The van der Waals surface area contributed by atoms with Crippen molar-refractivity contribution in [3.05, 3.63) is 24.2 Å². The third kappa shape index (κ3) is 4.49. The fraction of sp³-hybridized carbons (Fsp3) is 0.667. The molecule has 0 unspecified atom stereocenters. The highest BCUT2D eigenvalue weighted by Crippen LogP contribution is 2.18. The van der Waals surface area contributed by atoms with E-state index in [4.69, 9.17) is 16.6 Å². The topological polar surface area (TPSA) is 40.4 Å². The number of furan rings is 1. The first-order chi connectivity index (χ1) is 9.66. The lowest BCUT2D eigenvalue weighted by Crippen LogP contribution is -2.49. The Morgan fingerprint density at radius 3 is 3.05 bits per heavy atom. The van der Waals surface area contributed by atoms with E-state index < -0.39 is 0 Å². The van der Waals surface area contributed by atoms with Gasteiger partial charge in [0.05, 0.1) is 12.8 Å². The summed E-state index contributed by atoms with van der Waals surface area (Å²) in [6.07, 6.45) is 5.66. The zero-order valence-electron chi connectivity index (χ0n) is 12.4. The van der Waals surface area contributed by atoms with E-state index >= 15 is 0 Å². The molecule has 4 nitrogen and oxygen atoms in total. The largest absolute Gasteiger partial charge is 0.467 e. The van der Waals surface area contributed by atoms with Crippen LogP contribution in [0.15, 0.2) is 22.8 Å². The number of hydrogen-bond acceptors (Lipinski definition) is 3. The number of rotatable bonds is 5. The average Bonchev–Trinajstić information content (AvgIpc) is 2.96. The van der Waals surface area contributed by atoms with Gasteiger partial charge in [0.2, 0.25) is 0 Å². The molecular formula is C15H25N3OS. The molecule has 5 heteroatoms. The second-order valence-corrected chi connectivity index (χ2v) is 5.98. The van der Waals surface area contributed by atoms with E-state index in [0.717, 1.165) is 12.3 Å². The van der Waals surface area contributed by atoms with E-state index in [1.807, 2.05) is 12.1 Å². The molecule has 0 radical (unpaired) electrons. The van der Waals surface area contributed by atoms with Crippen LogP contribution >= 0.6 is 12.2 Å². The summed E-state index contributed by atoms with van der Waals surface area (Å²) >= 11 is 5.29. The smallest absolute Gasteiger partial charge is 0.166 e. The van der Waals surface area contributed by atoms with Gasteiger partial charge in [-0.1, -0.05) is 6.42 Å². The normalized spacial score (nSPS) is 21.4. The molecule has 0 bridgehead atoms.